The molecule has 4 nitrogen and oxygen atoms in total. The second kappa shape index (κ2) is 4.60. The third-order valence-electron chi connectivity index (χ3n) is 1.95. The van der Waals surface area contributed by atoms with Crippen molar-refractivity contribution in [1.29, 1.82) is 0 Å². The van der Waals surface area contributed by atoms with Gasteiger partial charge in [0.25, 0.3) is 0 Å². The van der Waals surface area contributed by atoms with Gasteiger partial charge >= 0.3 is 0 Å². The summed E-state index contributed by atoms with van der Waals surface area (Å²) in [6, 6.07) is 0. The molecular formula is C8H15ClN4. The van der Waals surface area contributed by atoms with Crippen molar-refractivity contribution < 1.29 is 0 Å². The molecule has 0 fully saturated rings. The van der Waals surface area contributed by atoms with Gasteiger partial charge in [0.2, 0.25) is 0 Å². The molecule has 5 heteroatoms. The standard InChI is InChI=1S/C8H15ClN4/c1-12(4-3-10)6-8-11-5-7(9)13(8)2/h5H,3-4,6,10H2,1-2H3. The van der Waals surface area contributed by atoms with E-state index < -0.39 is 0 Å². The van der Waals surface area contributed by atoms with Crippen molar-refractivity contribution in [3.8, 4) is 0 Å². The second-order valence-corrected chi connectivity index (χ2v) is 3.47. The molecule has 0 bridgehead atoms. The van der Waals surface area contributed by atoms with Gasteiger partial charge in [0.1, 0.15) is 11.0 Å². The zero-order valence-electron chi connectivity index (χ0n) is 8.00. The van der Waals surface area contributed by atoms with Gasteiger partial charge in [-0.25, -0.2) is 4.98 Å². The summed E-state index contributed by atoms with van der Waals surface area (Å²) in [5.74, 6) is 0.959. The summed E-state index contributed by atoms with van der Waals surface area (Å²) in [5.41, 5.74) is 5.43. The van der Waals surface area contributed by atoms with Crippen molar-refractivity contribution in [2.75, 3.05) is 20.1 Å². The molecule has 0 aliphatic carbocycles. The number of likely N-dealkylation sites (N-methyl/N-ethyl adjacent to an activating group) is 1. The van der Waals surface area contributed by atoms with Gasteiger partial charge in [0.05, 0.1) is 12.7 Å². The maximum absolute atomic E-state index is 5.85. The van der Waals surface area contributed by atoms with E-state index in [0.717, 1.165) is 18.9 Å². The van der Waals surface area contributed by atoms with Crippen LogP contribution in [-0.2, 0) is 13.6 Å². The lowest BCUT2D eigenvalue weighted by molar-refractivity contribution is 0.324. The molecule has 74 valence electrons. The fraction of sp³-hybridized carbons (Fsp3) is 0.625. The highest BCUT2D eigenvalue weighted by atomic mass is 35.5. The van der Waals surface area contributed by atoms with Crippen molar-refractivity contribution in [1.82, 2.24) is 14.5 Å². The van der Waals surface area contributed by atoms with Crippen LogP contribution >= 0.6 is 11.6 Å². The molecule has 0 amide bonds. The predicted molar refractivity (Wildman–Crippen MR) is 53.6 cm³/mol. The van der Waals surface area contributed by atoms with Crippen molar-refractivity contribution in [3.63, 3.8) is 0 Å². The van der Waals surface area contributed by atoms with Gasteiger partial charge in [0, 0.05) is 20.1 Å². The van der Waals surface area contributed by atoms with Crippen molar-refractivity contribution >= 4 is 11.6 Å². The molecule has 1 heterocycles. The Morgan fingerprint density at radius 1 is 1.69 bits per heavy atom. The number of aromatic nitrogens is 2. The maximum atomic E-state index is 5.85. The monoisotopic (exact) mass is 202 g/mol. The Bertz CT molecular complexity index is 271. The molecule has 0 atom stereocenters. The molecule has 0 aromatic carbocycles. The average molecular weight is 203 g/mol. The first-order chi connectivity index (χ1) is 6.15. The van der Waals surface area contributed by atoms with Crippen molar-refractivity contribution in [2.24, 2.45) is 12.8 Å². The minimum Gasteiger partial charge on any atom is -0.329 e. The SMILES string of the molecule is CN(CCN)Cc1ncc(Cl)n1C. The van der Waals surface area contributed by atoms with Gasteiger partial charge < -0.3 is 10.3 Å². The summed E-state index contributed by atoms with van der Waals surface area (Å²) >= 11 is 5.85. The second-order valence-electron chi connectivity index (χ2n) is 3.08. The molecule has 0 aliphatic heterocycles. The van der Waals surface area contributed by atoms with E-state index in [4.69, 9.17) is 17.3 Å². The minimum absolute atomic E-state index is 0.661. The molecular weight excluding hydrogens is 188 g/mol. The summed E-state index contributed by atoms with van der Waals surface area (Å²) in [6.45, 7) is 2.31. The van der Waals surface area contributed by atoms with Gasteiger partial charge in [-0.2, -0.15) is 0 Å². The molecule has 13 heavy (non-hydrogen) atoms. The highest BCUT2D eigenvalue weighted by Gasteiger charge is 2.06. The molecule has 0 saturated carbocycles. The smallest absolute Gasteiger partial charge is 0.128 e. The zero-order chi connectivity index (χ0) is 9.84. The highest BCUT2D eigenvalue weighted by Crippen LogP contribution is 2.09. The number of hydrogen-bond donors (Lipinski definition) is 1. The maximum Gasteiger partial charge on any atom is 0.128 e. The van der Waals surface area contributed by atoms with Crippen LogP contribution in [0.1, 0.15) is 5.82 Å². The Morgan fingerprint density at radius 2 is 2.38 bits per heavy atom. The number of hydrogen-bond acceptors (Lipinski definition) is 3. The van der Waals surface area contributed by atoms with Gasteiger partial charge in [-0.3, -0.25) is 4.90 Å². The molecule has 0 radical (unpaired) electrons. The van der Waals surface area contributed by atoms with E-state index in [1.54, 1.807) is 6.20 Å². The van der Waals surface area contributed by atoms with E-state index in [0.29, 0.717) is 11.7 Å². The number of nitrogens with zero attached hydrogens (tertiary/aromatic N) is 3. The van der Waals surface area contributed by atoms with Gasteiger partial charge in [-0.1, -0.05) is 11.6 Å². The predicted octanol–water partition coefficient (Wildman–Crippen LogP) is 0.464. The fourth-order valence-electron chi connectivity index (χ4n) is 1.11. The highest BCUT2D eigenvalue weighted by molar-refractivity contribution is 6.29. The van der Waals surface area contributed by atoms with Crippen LogP contribution in [0.25, 0.3) is 0 Å². The number of halogens is 1. The molecule has 0 unspecified atom stereocenters. The summed E-state index contributed by atoms with van der Waals surface area (Å²) in [7, 11) is 3.91. The van der Waals surface area contributed by atoms with Crippen LogP contribution in [0.5, 0.6) is 0 Å². The van der Waals surface area contributed by atoms with Crippen LogP contribution in [-0.4, -0.2) is 34.6 Å². The van der Waals surface area contributed by atoms with E-state index in [-0.39, 0.29) is 0 Å². The Morgan fingerprint density at radius 3 is 2.85 bits per heavy atom. The fourth-order valence-corrected chi connectivity index (χ4v) is 1.26. The lowest BCUT2D eigenvalue weighted by atomic mass is 10.5. The number of rotatable bonds is 4. The first kappa shape index (κ1) is 10.5. The third kappa shape index (κ3) is 2.69. The molecule has 0 aliphatic rings. The van der Waals surface area contributed by atoms with Crippen molar-refractivity contribution in [3.05, 3.63) is 17.2 Å². The normalized spacial score (nSPS) is 11.2. The number of imidazole rings is 1. The third-order valence-corrected chi connectivity index (χ3v) is 2.30. The summed E-state index contributed by atoms with van der Waals surface area (Å²) in [6.07, 6.45) is 1.66. The molecule has 1 rings (SSSR count). The summed E-state index contributed by atoms with van der Waals surface area (Å²) in [5, 5.41) is 0.663. The average Bonchev–Trinajstić information content (AvgIpc) is 2.37. The Hall–Kier alpha value is -0.580. The molecule has 1 aromatic rings. The van der Waals surface area contributed by atoms with E-state index in [1.807, 2.05) is 18.7 Å². The van der Waals surface area contributed by atoms with Crippen LogP contribution in [0.2, 0.25) is 5.15 Å². The Balaban J connectivity index is 2.58. The van der Waals surface area contributed by atoms with Crippen LogP contribution in [0, 0.1) is 0 Å². The van der Waals surface area contributed by atoms with Crippen LogP contribution in [0.3, 0.4) is 0 Å². The van der Waals surface area contributed by atoms with Crippen LogP contribution < -0.4 is 5.73 Å². The topological polar surface area (TPSA) is 47.1 Å². The Kier molecular flexibility index (Phi) is 3.71. The van der Waals surface area contributed by atoms with E-state index in [1.165, 1.54) is 0 Å². The van der Waals surface area contributed by atoms with Gasteiger partial charge in [0.15, 0.2) is 0 Å². The van der Waals surface area contributed by atoms with E-state index in [2.05, 4.69) is 9.88 Å². The quantitative estimate of drug-likeness (QED) is 0.772. The van der Waals surface area contributed by atoms with Crippen molar-refractivity contribution in [2.45, 2.75) is 6.54 Å². The molecule has 0 saturated heterocycles. The van der Waals surface area contributed by atoms with E-state index in [9.17, 15) is 0 Å². The lowest BCUT2D eigenvalue weighted by Crippen LogP contribution is -2.26. The van der Waals surface area contributed by atoms with Gasteiger partial charge in [-0.05, 0) is 7.05 Å². The Labute approximate surface area is 83.3 Å². The van der Waals surface area contributed by atoms with E-state index >= 15 is 0 Å². The molecule has 2 N–H and O–H groups in total. The van der Waals surface area contributed by atoms with Crippen LogP contribution in [0.15, 0.2) is 6.20 Å². The largest absolute Gasteiger partial charge is 0.329 e. The van der Waals surface area contributed by atoms with Gasteiger partial charge in [-0.15, -0.1) is 0 Å². The summed E-state index contributed by atoms with van der Waals surface area (Å²) in [4.78, 5) is 6.30. The minimum atomic E-state index is 0.661. The number of nitrogens with two attached hydrogens (primary N) is 1. The molecule has 0 spiro atoms. The first-order valence-electron chi connectivity index (χ1n) is 4.20. The van der Waals surface area contributed by atoms with Crippen LogP contribution in [0.4, 0.5) is 0 Å². The lowest BCUT2D eigenvalue weighted by Gasteiger charge is -2.14. The zero-order valence-corrected chi connectivity index (χ0v) is 8.75. The summed E-state index contributed by atoms with van der Waals surface area (Å²) < 4.78 is 1.87. The first-order valence-corrected chi connectivity index (χ1v) is 4.57. The molecule has 1 aromatic heterocycles.